The lowest BCUT2D eigenvalue weighted by Gasteiger charge is -2.31. The summed E-state index contributed by atoms with van der Waals surface area (Å²) in [6.07, 6.45) is 10.7. The van der Waals surface area contributed by atoms with E-state index >= 15 is 0 Å². The van der Waals surface area contributed by atoms with Gasteiger partial charge in [-0.05, 0) is 50.4 Å². The third kappa shape index (κ3) is 7.03. The van der Waals surface area contributed by atoms with Crippen LogP contribution in [0.25, 0.3) is 0 Å². The summed E-state index contributed by atoms with van der Waals surface area (Å²) in [6, 6.07) is 0. The van der Waals surface area contributed by atoms with Crippen molar-refractivity contribution in [2.75, 3.05) is 26.9 Å². The van der Waals surface area contributed by atoms with Gasteiger partial charge in [0.15, 0.2) is 12.6 Å². The van der Waals surface area contributed by atoms with E-state index in [0.717, 1.165) is 51.6 Å². The van der Waals surface area contributed by atoms with Gasteiger partial charge in [0.1, 0.15) is 0 Å². The summed E-state index contributed by atoms with van der Waals surface area (Å²) in [5.41, 5.74) is 0. The second-order valence-electron chi connectivity index (χ2n) is 8.18. The Morgan fingerprint density at radius 2 is 1.93 bits per heavy atom. The molecule has 0 radical (unpaired) electrons. The lowest BCUT2D eigenvalue weighted by atomic mass is 9.87. The van der Waals surface area contributed by atoms with Crippen molar-refractivity contribution in [3.05, 3.63) is 12.2 Å². The van der Waals surface area contributed by atoms with E-state index in [2.05, 4.69) is 16.9 Å². The number of allylic oxidation sites excluding steroid dienone is 2. The Hall–Kier alpha value is -0.990. The van der Waals surface area contributed by atoms with Crippen molar-refractivity contribution in [1.29, 1.82) is 0 Å². The summed E-state index contributed by atoms with van der Waals surface area (Å²) < 4.78 is 28.1. The quantitative estimate of drug-likeness (QED) is 0.335. The van der Waals surface area contributed by atoms with Crippen LogP contribution in [0.1, 0.15) is 57.8 Å². The van der Waals surface area contributed by atoms with Gasteiger partial charge in [0.05, 0.1) is 32.5 Å². The van der Waals surface area contributed by atoms with Crippen molar-refractivity contribution in [2.24, 2.45) is 11.8 Å². The van der Waals surface area contributed by atoms with Crippen LogP contribution in [0.15, 0.2) is 12.2 Å². The molecule has 29 heavy (non-hydrogen) atoms. The average molecular weight is 413 g/mol. The molecule has 0 aromatic heterocycles. The highest BCUT2D eigenvalue weighted by Gasteiger charge is 2.45. The largest absolute Gasteiger partial charge is 0.469 e. The van der Waals surface area contributed by atoms with Gasteiger partial charge >= 0.3 is 5.97 Å². The lowest BCUT2D eigenvalue weighted by Crippen LogP contribution is -2.33. The molecule has 0 bridgehead atoms. The number of esters is 1. The minimum Gasteiger partial charge on any atom is -0.469 e. The Balaban J connectivity index is 1.53. The molecule has 0 amide bonds. The zero-order valence-corrected chi connectivity index (χ0v) is 17.5. The van der Waals surface area contributed by atoms with Crippen LogP contribution in [0.4, 0.5) is 0 Å². The van der Waals surface area contributed by atoms with Crippen molar-refractivity contribution in [1.82, 2.24) is 0 Å². The molecular weight excluding hydrogens is 376 g/mol. The number of hydrogen-bond acceptors (Lipinski definition) is 7. The van der Waals surface area contributed by atoms with E-state index in [1.807, 2.05) is 0 Å². The van der Waals surface area contributed by atoms with Crippen LogP contribution in [-0.4, -0.2) is 62.8 Å². The summed E-state index contributed by atoms with van der Waals surface area (Å²) in [5, 5.41) is 10.7. The normalized spacial score (nSPS) is 33.5. The highest BCUT2D eigenvalue weighted by atomic mass is 16.7. The summed E-state index contributed by atoms with van der Waals surface area (Å²) in [7, 11) is 1.41. The standard InChI is InChI=1S/C22H36O7/c1-25-20(24)9-5-3-2-4-8-16-17(14-22-27-12-13-28-22)19(15-18(16)23)29-21-10-6-7-11-26-21/h2,4,16-19,21-23H,3,5-15H2,1H3/b4-2-/t16-,17-,18+,19-,21?/m1/s1. The van der Waals surface area contributed by atoms with Crippen molar-refractivity contribution in [2.45, 2.75) is 82.6 Å². The molecule has 1 saturated carbocycles. The average Bonchev–Trinajstić information content (AvgIpc) is 3.34. The summed E-state index contributed by atoms with van der Waals surface area (Å²) in [6.45, 7) is 2.00. The van der Waals surface area contributed by atoms with Crippen molar-refractivity contribution in [3.8, 4) is 0 Å². The molecule has 7 nitrogen and oxygen atoms in total. The smallest absolute Gasteiger partial charge is 0.305 e. The van der Waals surface area contributed by atoms with Crippen LogP contribution in [0, 0.1) is 11.8 Å². The fourth-order valence-corrected chi connectivity index (χ4v) is 4.58. The molecule has 0 aromatic rings. The Kier molecular flexibility index (Phi) is 9.39. The van der Waals surface area contributed by atoms with Crippen molar-refractivity contribution in [3.63, 3.8) is 0 Å². The summed E-state index contributed by atoms with van der Waals surface area (Å²) in [5.74, 6) is 0.0951. The van der Waals surface area contributed by atoms with E-state index in [1.165, 1.54) is 7.11 Å². The molecule has 1 N–H and O–H groups in total. The summed E-state index contributed by atoms with van der Waals surface area (Å²) >= 11 is 0. The predicted octanol–water partition coefficient (Wildman–Crippen LogP) is 2.95. The Morgan fingerprint density at radius 1 is 1.10 bits per heavy atom. The number of methoxy groups -OCH3 is 1. The van der Waals surface area contributed by atoms with Gasteiger partial charge in [0, 0.05) is 25.9 Å². The maximum absolute atomic E-state index is 11.2. The van der Waals surface area contributed by atoms with Gasteiger partial charge in [0.2, 0.25) is 0 Å². The molecule has 2 aliphatic heterocycles. The number of unbranched alkanes of at least 4 members (excludes halogenated alkanes) is 1. The van der Waals surface area contributed by atoms with Crippen LogP contribution in [0.5, 0.6) is 0 Å². The van der Waals surface area contributed by atoms with Crippen molar-refractivity contribution >= 4 is 5.97 Å². The fourth-order valence-electron chi connectivity index (χ4n) is 4.58. The van der Waals surface area contributed by atoms with Crippen LogP contribution < -0.4 is 0 Å². The third-order valence-corrected chi connectivity index (χ3v) is 6.17. The molecule has 3 fully saturated rings. The first-order valence-corrected chi connectivity index (χ1v) is 11.1. The second-order valence-corrected chi connectivity index (χ2v) is 8.18. The van der Waals surface area contributed by atoms with Crippen molar-refractivity contribution < 1.29 is 33.6 Å². The van der Waals surface area contributed by atoms with E-state index < -0.39 is 6.10 Å². The molecule has 2 heterocycles. The molecule has 7 heteroatoms. The number of carbonyl (C=O) groups excluding carboxylic acids is 1. The minimum absolute atomic E-state index is 0.0429. The van der Waals surface area contributed by atoms with Gasteiger partial charge in [-0.15, -0.1) is 0 Å². The van der Waals surface area contributed by atoms with E-state index in [-0.39, 0.29) is 36.5 Å². The molecule has 1 aliphatic carbocycles. The minimum atomic E-state index is -0.408. The number of ether oxygens (including phenoxy) is 5. The van der Waals surface area contributed by atoms with Gasteiger partial charge in [-0.1, -0.05) is 12.2 Å². The van der Waals surface area contributed by atoms with E-state index in [9.17, 15) is 9.90 Å². The number of aliphatic hydroxyl groups is 1. The highest BCUT2D eigenvalue weighted by Crippen LogP contribution is 2.41. The number of hydrogen-bond donors (Lipinski definition) is 1. The van der Waals surface area contributed by atoms with E-state index in [1.54, 1.807) is 0 Å². The highest BCUT2D eigenvalue weighted by molar-refractivity contribution is 5.69. The molecule has 0 spiro atoms. The maximum atomic E-state index is 11.2. The van der Waals surface area contributed by atoms with Gasteiger partial charge in [0.25, 0.3) is 0 Å². The number of rotatable bonds is 10. The first-order chi connectivity index (χ1) is 14.2. The SMILES string of the molecule is COC(=O)CCC/C=C\C[C@@H]1[C@@H](CC2OCCO2)[C@H](OC2CCCCO2)C[C@@H]1O. The molecule has 5 atom stereocenters. The second kappa shape index (κ2) is 12.0. The Morgan fingerprint density at radius 3 is 2.66 bits per heavy atom. The maximum Gasteiger partial charge on any atom is 0.305 e. The van der Waals surface area contributed by atoms with Gasteiger partial charge in [-0.25, -0.2) is 0 Å². The fraction of sp³-hybridized carbons (Fsp3) is 0.864. The van der Waals surface area contributed by atoms with E-state index in [4.69, 9.17) is 18.9 Å². The van der Waals surface area contributed by atoms with Gasteiger partial charge in [-0.3, -0.25) is 4.79 Å². The molecule has 0 aromatic carbocycles. The number of carbonyl (C=O) groups is 1. The third-order valence-electron chi connectivity index (χ3n) is 6.17. The lowest BCUT2D eigenvalue weighted by molar-refractivity contribution is -0.200. The Labute approximate surface area is 173 Å². The number of aliphatic hydroxyl groups excluding tert-OH is 1. The van der Waals surface area contributed by atoms with Crippen LogP contribution in [-0.2, 0) is 28.5 Å². The monoisotopic (exact) mass is 412 g/mol. The molecule has 1 unspecified atom stereocenters. The summed E-state index contributed by atoms with van der Waals surface area (Å²) in [4.78, 5) is 11.2. The van der Waals surface area contributed by atoms with E-state index in [0.29, 0.717) is 26.1 Å². The zero-order valence-electron chi connectivity index (χ0n) is 17.5. The molecule has 166 valence electrons. The molecule has 3 rings (SSSR count). The first-order valence-electron chi connectivity index (χ1n) is 11.1. The first kappa shape index (κ1) is 22.7. The topological polar surface area (TPSA) is 83.5 Å². The Bertz CT molecular complexity index is 511. The van der Waals surface area contributed by atoms with Crippen LogP contribution in [0.2, 0.25) is 0 Å². The molecule has 2 saturated heterocycles. The molecule has 3 aliphatic rings. The predicted molar refractivity (Wildman–Crippen MR) is 106 cm³/mol. The van der Waals surface area contributed by atoms with Crippen LogP contribution >= 0.6 is 0 Å². The zero-order chi connectivity index (χ0) is 20.5. The van der Waals surface area contributed by atoms with Gasteiger partial charge < -0.3 is 28.8 Å². The van der Waals surface area contributed by atoms with Gasteiger partial charge in [-0.2, -0.15) is 0 Å². The molecular formula is C22H36O7. The van der Waals surface area contributed by atoms with Crippen LogP contribution in [0.3, 0.4) is 0 Å².